The average Bonchev–Trinajstić information content (AvgIpc) is 2.67. The van der Waals surface area contributed by atoms with E-state index in [0.717, 1.165) is 17.4 Å². The van der Waals surface area contributed by atoms with E-state index in [1.807, 2.05) is 22.9 Å². The van der Waals surface area contributed by atoms with Gasteiger partial charge in [-0.05, 0) is 39.5 Å². The molecule has 0 aliphatic heterocycles. The highest BCUT2D eigenvalue weighted by molar-refractivity contribution is 9.10. The van der Waals surface area contributed by atoms with Gasteiger partial charge in [0.25, 0.3) is 0 Å². The van der Waals surface area contributed by atoms with Crippen molar-refractivity contribution in [3.05, 3.63) is 57.8 Å². The van der Waals surface area contributed by atoms with Gasteiger partial charge in [-0.1, -0.05) is 24.3 Å². The van der Waals surface area contributed by atoms with Gasteiger partial charge in [0, 0.05) is 23.1 Å². The Hall–Kier alpha value is -1.55. The zero-order valence-corrected chi connectivity index (χ0v) is 11.2. The maximum Gasteiger partial charge on any atom is 0.352 e. The lowest BCUT2D eigenvalue weighted by Crippen LogP contribution is -2.23. The predicted octanol–water partition coefficient (Wildman–Crippen LogP) is 3.29. The lowest BCUT2D eigenvalue weighted by molar-refractivity contribution is 0.0684. The Labute approximate surface area is 113 Å². The summed E-state index contributed by atoms with van der Waals surface area (Å²) < 4.78 is 2.63. The van der Waals surface area contributed by atoms with Crippen LogP contribution in [0.2, 0.25) is 0 Å². The highest BCUT2D eigenvalue weighted by atomic mass is 79.9. The second-order valence-electron chi connectivity index (χ2n) is 4.60. The Balaban J connectivity index is 1.85. The van der Waals surface area contributed by atoms with Gasteiger partial charge in [-0.3, -0.25) is 0 Å². The minimum absolute atomic E-state index is 0.339. The smallest absolute Gasteiger partial charge is 0.352 e. The maximum absolute atomic E-state index is 11.1. The van der Waals surface area contributed by atoms with E-state index in [9.17, 15) is 4.79 Å². The van der Waals surface area contributed by atoms with E-state index in [1.165, 1.54) is 11.1 Å². The molecule has 18 heavy (non-hydrogen) atoms. The molecular weight excluding hydrogens is 294 g/mol. The minimum Gasteiger partial charge on any atom is -0.477 e. The van der Waals surface area contributed by atoms with E-state index in [2.05, 4.69) is 28.1 Å². The number of hydrogen-bond acceptors (Lipinski definition) is 1. The number of rotatable bonds is 3. The van der Waals surface area contributed by atoms with Crippen molar-refractivity contribution >= 4 is 21.9 Å². The van der Waals surface area contributed by atoms with Crippen LogP contribution < -0.4 is 0 Å². The second-order valence-corrected chi connectivity index (χ2v) is 5.52. The zero-order valence-electron chi connectivity index (χ0n) is 9.64. The number of carboxylic acids is 1. The first kappa shape index (κ1) is 11.5. The number of hydrogen-bond donors (Lipinski definition) is 1. The monoisotopic (exact) mass is 305 g/mol. The van der Waals surface area contributed by atoms with Crippen molar-refractivity contribution in [1.82, 2.24) is 4.57 Å². The molecule has 1 aromatic heterocycles. The molecule has 1 unspecified atom stereocenters. The van der Waals surface area contributed by atoms with Crippen LogP contribution in [-0.4, -0.2) is 15.6 Å². The molecule has 2 aromatic rings. The van der Waals surface area contributed by atoms with Crippen LogP contribution in [0.3, 0.4) is 0 Å². The first-order chi connectivity index (χ1) is 8.65. The SMILES string of the molecule is O=C(O)c1cc(Br)cn1CC1Cc2ccccc21. The Morgan fingerprint density at radius 2 is 2.22 bits per heavy atom. The van der Waals surface area contributed by atoms with Crippen LogP contribution in [0, 0.1) is 0 Å². The van der Waals surface area contributed by atoms with Crippen molar-refractivity contribution in [3.63, 3.8) is 0 Å². The third kappa shape index (κ3) is 1.86. The number of aromatic carboxylic acids is 1. The Morgan fingerprint density at radius 3 is 2.94 bits per heavy atom. The molecule has 0 radical (unpaired) electrons. The number of benzene rings is 1. The predicted molar refractivity (Wildman–Crippen MR) is 72.0 cm³/mol. The van der Waals surface area contributed by atoms with Gasteiger partial charge >= 0.3 is 5.97 Å². The number of carbonyl (C=O) groups is 1. The summed E-state index contributed by atoms with van der Waals surface area (Å²) in [5.74, 6) is -0.452. The molecule has 1 aromatic carbocycles. The molecule has 1 aliphatic carbocycles. The van der Waals surface area contributed by atoms with Gasteiger partial charge < -0.3 is 9.67 Å². The van der Waals surface area contributed by atoms with E-state index < -0.39 is 5.97 Å². The summed E-state index contributed by atoms with van der Waals surface area (Å²) >= 11 is 3.33. The average molecular weight is 306 g/mol. The molecular formula is C14H12BrNO2. The summed E-state index contributed by atoms with van der Waals surface area (Å²) in [6, 6.07) is 9.99. The highest BCUT2D eigenvalue weighted by Crippen LogP contribution is 2.36. The molecule has 1 atom stereocenters. The highest BCUT2D eigenvalue weighted by Gasteiger charge is 2.26. The molecule has 3 rings (SSSR count). The summed E-state index contributed by atoms with van der Waals surface area (Å²) in [5.41, 5.74) is 3.07. The van der Waals surface area contributed by atoms with Gasteiger partial charge in [-0.25, -0.2) is 4.79 Å². The summed E-state index contributed by atoms with van der Waals surface area (Å²) in [5, 5.41) is 9.14. The molecule has 1 heterocycles. The van der Waals surface area contributed by atoms with E-state index in [1.54, 1.807) is 6.07 Å². The van der Waals surface area contributed by atoms with Crippen molar-refractivity contribution < 1.29 is 9.90 Å². The fraction of sp³-hybridized carbons (Fsp3) is 0.214. The van der Waals surface area contributed by atoms with E-state index >= 15 is 0 Å². The van der Waals surface area contributed by atoms with Gasteiger partial charge in [-0.15, -0.1) is 0 Å². The van der Waals surface area contributed by atoms with Gasteiger partial charge in [-0.2, -0.15) is 0 Å². The normalized spacial score (nSPS) is 17.1. The van der Waals surface area contributed by atoms with Crippen molar-refractivity contribution in [2.45, 2.75) is 18.9 Å². The quantitative estimate of drug-likeness (QED) is 0.945. The van der Waals surface area contributed by atoms with Gasteiger partial charge in [0.05, 0.1) is 0 Å². The van der Waals surface area contributed by atoms with Crippen molar-refractivity contribution in [2.24, 2.45) is 0 Å². The van der Waals surface area contributed by atoms with Crippen LogP contribution in [0.25, 0.3) is 0 Å². The van der Waals surface area contributed by atoms with Crippen LogP contribution in [0.4, 0.5) is 0 Å². The van der Waals surface area contributed by atoms with Crippen LogP contribution in [-0.2, 0) is 13.0 Å². The van der Waals surface area contributed by atoms with Crippen LogP contribution in [0.5, 0.6) is 0 Å². The molecule has 1 N–H and O–H groups in total. The number of fused-ring (bicyclic) bond motifs is 1. The maximum atomic E-state index is 11.1. The number of aromatic nitrogens is 1. The van der Waals surface area contributed by atoms with Crippen molar-refractivity contribution in [3.8, 4) is 0 Å². The molecule has 0 saturated heterocycles. The summed E-state index contributed by atoms with van der Waals surface area (Å²) in [4.78, 5) is 11.1. The molecule has 92 valence electrons. The molecule has 0 fully saturated rings. The topological polar surface area (TPSA) is 42.2 Å². The molecule has 0 amide bonds. The zero-order chi connectivity index (χ0) is 12.7. The fourth-order valence-electron chi connectivity index (χ4n) is 2.57. The number of halogens is 1. The molecule has 3 nitrogen and oxygen atoms in total. The van der Waals surface area contributed by atoms with Crippen LogP contribution in [0.15, 0.2) is 41.0 Å². The Kier molecular flexibility index (Phi) is 2.74. The molecule has 4 heteroatoms. The number of carboxylic acid groups (broad SMARTS) is 1. The third-order valence-corrected chi connectivity index (χ3v) is 3.89. The second kappa shape index (κ2) is 4.28. The van der Waals surface area contributed by atoms with E-state index in [0.29, 0.717) is 11.6 Å². The Bertz CT molecular complexity index is 618. The fourth-order valence-corrected chi connectivity index (χ4v) is 3.03. The summed E-state index contributed by atoms with van der Waals surface area (Å²) in [7, 11) is 0. The standard InChI is InChI=1S/C14H12BrNO2/c15-11-6-13(14(17)18)16(8-11)7-10-5-9-3-1-2-4-12(9)10/h1-4,6,8,10H,5,7H2,(H,17,18). The van der Waals surface area contributed by atoms with Gasteiger partial charge in [0.15, 0.2) is 0 Å². The first-order valence-corrected chi connectivity index (χ1v) is 6.61. The molecule has 1 aliphatic rings. The lowest BCUT2D eigenvalue weighted by Gasteiger charge is -2.30. The van der Waals surface area contributed by atoms with Crippen molar-refractivity contribution in [2.75, 3.05) is 0 Å². The van der Waals surface area contributed by atoms with E-state index in [-0.39, 0.29) is 0 Å². The van der Waals surface area contributed by atoms with Gasteiger partial charge in [0.1, 0.15) is 5.69 Å². The summed E-state index contributed by atoms with van der Waals surface area (Å²) in [6.45, 7) is 0.726. The molecule has 0 saturated carbocycles. The lowest BCUT2D eigenvalue weighted by atomic mass is 9.77. The molecule has 0 spiro atoms. The van der Waals surface area contributed by atoms with E-state index in [4.69, 9.17) is 5.11 Å². The van der Waals surface area contributed by atoms with Crippen LogP contribution in [0.1, 0.15) is 27.5 Å². The largest absolute Gasteiger partial charge is 0.477 e. The number of nitrogens with zero attached hydrogens (tertiary/aromatic N) is 1. The van der Waals surface area contributed by atoms with Gasteiger partial charge in [0.2, 0.25) is 0 Å². The molecule has 0 bridgehead atoms. The minimum atomic E-state index is -0.881. The van der Waals surface area contributed by atoms with Crippen molar-refractivity contribution in [1.29, 1.82) is 0 Å². The first-order valence-electron chi connectivity index (χ1n) is 5.82. The summed E-state index contributed by atoms with van der Waals surface area (Å²) in [6.07, 6.45) is 2.87. The third-order valence-electron chi connectivity index (χ3n) is 3.46. The van der Waals surface area contributed by atoms with Crippen LogP contribution >= 0.6 is 15.9 Å². The Morgan fingerprint density at radius 1 is 1.44 bits per heavy atom.